The average molecular weight is 305 g/mol. The highest BCUT2D eigenvalue weighted by Gasteiger charge is 2.17. The molecule has 0 aliphatic carbocycles. The molecule has 3 N–H and O–H groups in total. The summed E-state index contributed by atoms with van der Waals surface area (Å²) in [5, 5.41) is 17.4. The van der Waals surface area contributed by atoms with E-state index in [1.165, 1.54) is 0 Å². The number of hydrogen-bond donors (Lipinski definition) is 3. The third kappa shape index (κ3) is 3.47. The highest BCUT2D eigenvalue weighted by Crippen LogP contribution is 2.12. The zero-order valence-electron chi connectivity index (χ0n) is 10.7. The number of benzene rings is 1. The molecule has 2 aromatic rings. The molecular formula is C13H11N3O4S. The zero-order valence-corrected chi connectivity index (χ0v) is 11.5. The smallest absolute Gasteiger partial charge is 0.352 e. The number of H-pyrrole nitrogens is 1. The quantitative estimate of drug-likeness (QED) is 0.762. The first kappa shape index (κ1) is 14.8. The van der Waals surface area contributed by atoms with Crippen LogP contribution in [-0.4, -0.2) is 24.5 Å². The number of sulfonamides is 1. The molecule has 0 amide bonds. The summed E-state index contributed by atoms with van der Waals surface area (Å²) < 4.78 is 26.3. The van der Waals surface area contributed by atoms with Gasteiger partial charge < -0.3 is 10.1 Å². The van der Waals surface area contributed by atoms with Gasteiger partial charge in [-0.15, -0.1) is 0 Å². The minimum absolute atomic E-state index is 0.0433. The van der Waals surface area contributed by atoms with E-state index in [0.29, 0.717) is 11.1 Å². The molecule has 0 spiro atoms. The van der Waals surface area contributed by atoms with E-state index < -0.39 is 16.0 Å². The van der Waals surface area contributed by atoms with Crippen LogP contribution in [0, 0.1) is 11.3 Å². The first-order valence-electron chi connectivity index (χ1n) is 5.83. The zero-order chi connectivity index (χ0) is 15.5. The number of carboxylic acids is 1. The summed E-state index contributed by atoms with van der Waals surface area (Å²) in [5.74, 6) is -1.23. The van der Waals surface area contributed by atoms with Crippen LogP contribution in [0.25, 0.3) is 0 Å². The fraction of sp³-hybridized carbons (Fsp3) is 0.0769. The van der Waals surface area contributed by atoms with Gasteiger partial charge in [0.1, 0.15) is 10.6 Å². The van der Waals surface area contributed by atoms with Gasteiger partial charge in [-0.1, -0.05) is 12.1 Å². The van der Waals surface area contributed by atoms with Gasteiger partial charge in [-0.3, -0.25) is 0 Å². The molecule has 0 fully saturated rings. The van der Waals surface area contributed by atoms with Crippen LogP contribution in [0.2, 0.25) is 0 Å². The van der Waals surface area contributed by atoms with E-state index in [2.05, 4.69) is 9.71 Å². The number of hydrogen-bond acceptors (Lipinski definition) is 4. The molecule has 0 atom stereocenters. The lowest BCUT2D eigenvalue weighted by Crippen LogP contribution is -2.22. The van der Waals surface area contributed by atoms with Gasteiger partial charge in [0.05, 0.1) is 11.6 Å². The molecule has 8 heteroatoms. The third-order valence-corrected chi connectivity index (χ3v) is 4.13. The van der Waals surface area contributed by atoms with Crippen molar-refractivity contribution in [2.24, 2.45) is 0 Å². The summed E-state index contributed by atoms with van der Waals surface area (Å²) in [4.78, 5) is 12.9. The maximum absolute atomic E-state index is 12.0. The Kier molecular flexibility index (Phi) is 4.07. The maximum Gasteiger partial charge on any atom is 0.352 e. The second-order valence-electron chi connectivity index (χ2n) is 4.19. The molecule has 0 aliphatic heterocycles. The van der Waals surface area contributed by atoms with E-state index in [9.17, 15) is 13.2 Å². The van der Waals surface area contributed by atoms with Crippen molar-refractivity contribution < 1.29 is 18.3 Å². The summed E-state index contributed by atoms with van der Waals surface area (Å²) in [6, 6.07) is 9.46. The van der Waals surface area contributed by atoms with Gasteiger partial charge in [-0.25, -0.2) is 17.9 Å². The lowest BCUT2D eigenvalue weighted by atomic mass is 10.1. The minimum atomic E-state index is -3.80. The SMILES string of the molecule is N#Cc1ccc(CNS(=O)(=O)c2c[nH]c(C(=O)O)c2)cc1. The number of rotatable bonds is 5. The molecule has 0 unspecified atom stereocenters. The fourth-order valence-electron chi connectivity index (χ4n) is 1.61. The first-order valence-corrected chi connectivity index (χ1v) is 7.31. The van der Waals surface area contributed by atoms with Crippen molar-refractivity contribution in [3.63, 3.8) is 0 Å². The van der Waals surface area contributed by atoms with Crippen LogP contribution in [0.1, 0.15) is 21.6 Å². The Morgan fingerprint density at radius 3 is 2.52 bits per heavy atom. The van der Waals surface area contributed by atoms with Crippen LogP contribution < -0.4 is 4.72 Å². The second-order valence-corrected chi connectivity index (χ2v) is 5.95. The van der Waals surface area contributed by atoms with Gasteiger partial charge in [-0.2, -0.15) is 5.26 Å². The van der Waals surface area contributed by atoms with Crippen LogP contribution in [0.15, 0.2) is 41.4 Å². The predicted molar refractivity (Wildman–Crippen MR) is 72.9 cm³/mol. The highest BCUT2D eigenvalue weighted by molar-refractivity contribution is 7.89. The van der Waals surface area contributed by atoms with E-state index in [0.717, 1.165) is 12.3 Å². The van der Waals surface area contributed by atoms with Crippen molar-refractivity contribution in [1.29, 1.82) is 5.26 Å². The predicted octanol–water partition coefficient (Wildman–Crippen LogP) is 1.06. The number of aromatic carboxylic acids is 1. The molecule has 0 aliphatic rings. The van der Waals surface area contributed by atoms with Gasteiger partial charge in [-0.05, 0) is 23.8 Å². The van der Waals surface area contributed by atoms with Crippen molar-refractivity contribution >= 4 is 16.0 Å². The Morgan fingerprint density at radius 1 is 1.33 bits per heavy atom. The van der Waals surface area contributed by atoms with Gasteiger partial charge in [0, 0.05) is 12.7 Å². The van der Waals surface area contributed by atoms with Crippen molar-refractivity contribution in [2.75, 3.05) is 0 Å². The second kappa shape index (κ2) is 5.78. The van der Waals surface area contributed by atoms with Crippen molar-refractivity contribution in [3.05, 3.63) is 53.3 Å². The standard InChI is InChI=1S/C13H11N3O4S/c14-6-9-1-3-10(4-2-9)7-16-21(19,20)11-5-12(13(17)18)15-8-11/h1-5,8,15-16H,7H2,(H,17,18). The molecule has 0 radical (unpaired) electrons. The number of aromatic nitrogens is 1. The van der Waals surface area contributed by atoms with Gasteiger partial charge >= 0.3 is 5.97 Å². The van der Waals surface area contributed by atoms with E-state index in [4.69, 9.17) is 10.4 Å². The molecule has 1 heterocycles. The molecule has 1 aromatic heterocycles. The number of carboxylic acid groups (broad SMARTS) is 1. The Bertz CT molecular complexity index is 801. The topological polar surface area (TPSA) is 123 Å². The number of nitrogens with zero attached hydrogens (tertiary/aromatic N) is 1. The Hall–Kier alpha value is -2.63. The molecule has 0 bridgehead atoms. The number of aromatic amines is 1. The summed E-state index contributed by atoms with van der Waals surface area (Å²) in [6.07, 6.45) is 1.12. The number of carbonyl (C=O) groups is 1. The van der Waals surface area contributed by atoms with E-state index in [-0.39, 0.29) is 17.1 Å². The molecule has 0 saturated heterocycles. The molecular weight excluding hydrogens is 294 g/mol. The van der Waals surface area contributed by atoms with Gasteiger partial charge in [0.2, 0.25) is 10.0 Å². The normalized spacial score (nSPS) is 11.0. The highest BCUT2D eigenvalue weighted by atomic mass is 32.2. The van der Waals surface area contributed by atoms with Crippen LogP contribution in [0.5, 0.6) is 0 Å². The summed E-state index contributed by atoms with van der Waals surface area (Å²) >= 11 is 0. The molecule has 7 nitrogen and oxygen atoms in total. The lowest BCUT2D eigenvalue weighted by molar-refractivity contribution is 0.0691. The molecule has 0 saturated carbocycles. The van der Waals surface area contributed by atoms with E-state index in [1.807, 2.05) is 6.07 Å². The summed E-state index contributed by atoms with van der Waals surface area (Å²) in [5.41, 5.74) is 0.971. The summed E-state index contributed by atoms with van der Waals surface area (Å²) in [7, 11) is -3.80. The molecule has 21 heavy (non-hydrogen) atoms. The van der Waals surface area contributed by atoms with Crippen LogP contribution in [0.4, 0.5) is 0 Å². The van der Waals surface area contributed by atoms with E-state index in [1.54, 1.807) is 24.3 Å². The van der Waals surface area contributed by atoms with Crippen LogP contribution >= 0.6 is 0 Å². The molecule has 1 aromatic carbocycles. The number of nitriles is 1. The monoisotopic (exact) mass is 305 g/mol. The Morgan fingerprint density at radius 2 is 2.00 bits per heavy atom. The van der Waals surface area contributed by atoms with Crippen molar-refractivity contribution in [3.8, 4) is 6.07 Å². The van der Waals surface area contributed by atoms with Crippen molar-refractivity contribution in [2.45, 2.75) is 11.4 Å². The largest absolute Gasteiger partial charge is 0.477 e. The fourth-order valence-corrected chi connectivity index (χ4v) is 2.62. The minimum Gasteiger partial charge on any atom is -0.477 e. The van der Waals surface area contributed by atoms with Gasteiger partial charge in [0.15, 0.2) is 0 Å². The number of nitrogens with one attached hydrogen (secondary N) is 2. The third-order valence-electron chi connectivity index (χ3n) is 2.75. The van der Waals surface area contributed by atoms with Gasteiger partial charge in [0.25, 0.3) is 0 Å². The van der Waals surface area contributed by atoms with Crippen molar-refractivity contribution in [1.82, 2.24) is 9.71 Å². The Balaban J connectivity index is 2.09. The van der Waals surface area contributed by atoms with E-state index >= 15 is 0 Å². The van der Waals surface area contributed by atoms with Crippen LogP contribution in [0.3, 0.4) is 0 Å². The average Bonchev–Trinajstić information content (AvgIpc) is 2.97. The summed E-state index contributed by atoms with van der Waals surface area (Å²) in [6.45, 7) is 0.0433. The molecule has 108 valence electrons. The lowest BCUT2D eigenvalue weighted by Gasteiger charge is -2.05. The Labute approximate surface area is 120 Å². The van der Waals surface area contributed by atoms with Crippen LogP contribution in [-0.2, 0) is 16.6 Å². The first-order chi connectivity index (χ1) is 9.92. The molecule has 2 rings (SSSR count). The maximum atomic E-state index is 12.0.